The van der Waals surface area contributed by atoms with Crippen molar-refractivity contribution in [2.75, 3.05) is 18.1 Å². The lowest BCUT2D eigenvalue weighted by atomic mass is 9.88. The van der Waals surface area contributed by atoms with Crippen molar-refractivity contribution in [1.29, 1.82) is 0 Å². The van der Waals surface area contributed by atoms with E-state index in [1.54, 1.807) is 0 Å². The maximum Gasteiger partial charge on any atom is 0.0709 e. The van der Waals surface area contributed by atoms with Gasteiger partial charge in [-0.2, -0.15) is 11.8 Å². The van der Waals surface area contributed by atoms with E-state index in [2.05, 4.69) is 36.0 Å². The molecule has 0 saturated carbocycles. The predicted octanol–water partition coefficient (Wildman–Crippen LogP) is 4.24. The molecule has 2 unspecified atom stereocenters. The van der Waals surface area contributed by atoms with Crippen LogP contribution < -0.4 is 5.73 Å². The predicted molar refractivity (Wildman–Crippen MR) is 93.2 cm³/mol. The average Bonchev–Trinajstić information content (AvgIpc) is 2.49. The van der Waals surface area contributed by atoms with Crippen LogP contribution in [0.15, 0.2) is 29.2 Å². The van der Waals surface area contributed by atoms with Crippen LogP contribution in [0.2, 0.25) is 0 Å². The summed E-state index contributed by atoms with van der Waals surface area (Å²) in [6, 6.07) is 8.90. The van der Waals surface area contributed by atoms with Crippen molar-refractivity contribution in [1.82, 2.24) is 0 Å². The molecule has 2 atom stereocenters. The lowest BCUT2D eigenvalue weighted by Gasteiger charge is -2.43. The minimum absolute atomic E-state index is 0.120. The Bertz CT molecular complexity index is 449. The van der Waals surface area contributed by atoms with Crippen LogP contribution in [0, 0.1) is 0 Å². The Morgan fingerprint density at radius 1 is 1.29 bits per heavy atom. The lowest BCUT2D eigenvalue weighted by Crippen LogP contribution is -2.43. The van der Waals surface area contributed by atoms with Gasteiger partial charge in [0, 0.05) is 22.8 Å². The first-order valence-corrected chi connectivity index (χ1v) is 9.94. The van der Waals surface area contributed by atoms with Crippen LogP contribution in [0.1, 0.15) is 44.2 Å². The van der Waals surface area contributed by atoms with Crippen LogP contribution in [0.25, 0.3) is 0 Å². The molecule has 1 aromatic rings. The van der Waals surface area contributed by atoms with E-state index in [1.807, 2.05) is 18.7 Å². The van der Waals surface area contributed by atoms with Crippen molar-refractivity contribution >= 4 is 23.5 Å². The summed E-state index contributed by atoms with van der Waals surface area (Å²) in [5, 5.41) is 0.697. The van der Waals surface area contributed by atoms with Gasteiger partial charge in [-0.1, -0.05) is 12.1 Å². The summed E-state index contributed by atoms with van der Waals surface area (Å²) < 4.78 is 6.18. The van der Waals surface area contributed by atoms with Gasteiger partial charge in [-0.25, -0.2) is 0 Å². The van der Waals surface area contributed by atoms with Crippen LogP contribution in [0.3, 0.4) is 0 Å². The van der Waals surface area contributed by atoms with E-state index in [9.17, 15) is 0 Å². The molecule has 2 aliphatic heterocycles. The highest BCUT2D eigenvalue weighted by Crippen LogP contribution is 2.42. The number of thioether (sulfide) groups is 2. The first-order chi connectivity index (χ1) is 10.2. The Hall–Kier alpha value is -0.160. The molecule has 1 spiro atoms. The van der Waals surface area contributed by atoms with Gasteiger partial charge in [0.1, 0.15) is 0 Å². The third kappa shape index (κ3) is 3.98. The monoisotopic (exact) mass is 323 g/mol. The van der Waals surface area contributed by atoms with E-state index >= 15 is 0 Å². The Balaban J connectivity index is 1.61. The average molecular weight is 324 g/mol. The number of hydrogen-bond acceptors (Lipinski definition) is 4. The molecule has 4 heteroatoms. The van der Waals surface area contributed by atoms with Gasteiger partial charge in [0.2, 0.25) is 0 Å². The quantitative estimate of drug-likeness (QED) is 0.902. The SMILES string of the molecule is CC(N)c1ccc(SC2CCOC3(CCSCC3)C2)cc1. The van der Waals surface area contributed by atoms with Gasteiger partial charge in [-0.15, -0.1) is 11.8 Å². The summed E-state index contributed by atoms with van der Waals surface area (Å²) in [6.07, 6.45) is 4.86. The highest BCUT2D eigenvalue weighted by molar-refractivity contribution is 8.00. The van der Waals surface area contributed by atoms with Gasteiger partial charge in [0.15, 0.2) is 0 Å². The molecule has 0 amide bonds. The van der Waals surface area contributed by atoms with Crippen LogP contribution in [-0.2, 0) is 4.74 Å². The molecule has 21 heavy (non-hydrogen) atoms. The summed E-state index contributed by atoms with van der Waals surface area (Å²) >= 11 is 4.10. The standard InChI is InChI=1S/C17H25NOS2/c1-13(18)14-2-4-15(5-3-14)21-16-6-9-19-17(12-16)7-10-20-11-8-17/h2-5,13,16H,6-12,18H2,1H3. The number of ether oxygens (including phenoxy) is 1. The molecular formula is C17H25NOS2. The minimum Gasteiger partial charge on any atom is -0.375 e. The van der Waals surface area contributed by atoms with Crippen molar-refractivity contribution in [3.63, 3.8) is 0 Å². The molecule has 0 bridgehead atoms. The molecule has 3 rings (SSSR count). The van der Waals surface area contributed by atoms with E-state index in [0.717, 1.165) is 6.61 Å². The van der Waals surface area contributed by atoms with Crippen molar-refractivity contribution in [3.05, 3.63) is 29.8 Å². The van der Waals surface area contributed by atoms with Gasteiger partial charge in [-0.3, -0.25) is 0 Å². The second-order valence-electron chi connectivity index (χ2n) is 6.23. The Morgan fingerprint density at radius 3 is 2.67 bits per heavy atom. The first kappa shape index (κ1) is 15.7. The summed E-state index contributed by atoms with van der Waals surface area (Å²) in [6.45, 7) is 2.96. The maximum absolute atomic E-state index is 6.18. The van der Waals surface area contributed by atoms with Gasteiger partial charge in [0.05, 0.1) is 5.60 Å². The summed E-state index contributed by atoms with van der Waals surface area (Å²) in [7, 11) is 0. The van der Waals surface area contributed by atoms with E-state index in [4.69, 9.17) is 10.5 Å². The van der Waals surface area contributed by atoms with Gasteiger partial charge >= 0.3 is 0 Å². The second kappa shape index (κ2) is 6.95. The zero-order chi connectivity index (χ0) is 14.7. The third-order valence-electron chi connectivity index (χ3n) is 4.56. The highest BCUT2D eigenvalue weighted by atomic mass is 32.2. The fourth-order valence-electron chi connectivity index (χ4n) is 3.22. The van der Waals surface area contributed by atoms with E-state index < -0.39 is 0 Å². The summed E-state index contributed by atoms with van der Waals surface area (Å²) in [4.78, 5) is 1.37. The van der Waals surface area contributed by atoms with E-state index in [0.29, 0.717) is 5.25 Å². The fourth-order valence-corrected chi connectivity index (χ4v) is 5.73. The largest absolute Gasteiger partial charge is 0.375 e. The lowest BCUT2D eigenvalue weighted by molar-refractivity contribution is -0.0804. The summed E-state index contributed by atoms with van der Waals surface area (Å²) in [5.74, 6) is 2.53. The molecule has 2 fully saturated rings. The van der Waals surface area contributed by atoms with Crippen molar-refractivity contribution in [2.24, 2.45) is 5.73 Å². The van der Waals surface area contributed by atoms with Crippen LogP contribution >= 0.6 is 23.5 Å². The third-order valence-corrected chi connectivity index (χ3v) is 6.83. The van der Waals surface area contributed by atoms with Crippen molar-refractivity contribution in [2.45, 2.75) is 54.4 Å². The van der Waals surface area contributed by atoms with Crippen molar-refractivity contribution < 1.29 is 4.74 Å². The fraction of sp³-hybridized carbons (Fsp3) is 0.647. The zero-order valence-corrected chi connectivity index (χ0v) is 14.3. The Labute approximate surface area is 136 Å². The topological polar surface area (TPSA) is 35.2 Å². The van der Waals surface area contributed by atoms with Crippen molar-refractivity contribution in [3.8, 4) is 0 Å². The molecule has 2 nitrogen and oxygen atoms in total. The zero-order valence-electron chi connectivity index (χ0n) is 12.7. The molecule has 2 aliphatic rings. The minimum atomic E-state index is 0.120. The van der Waals surface area contributed by atoms with Gasteiger partial charge < -0.3 is 10.5 Å². The van der Waals surface area contributed by atoms with Crippen LogP contribution in [-0.4, -0.2) is 29.0 Å². The molecule has 0 aromatic heterocycles. The van der Waals surface area contributed by atoms with Gasteiger partial charge in [-0.05, 0) is 61.8 Å². The number of hydrogen-bond donors (Lipinski definition) is 1. The molecule has 0 radical (unpaired) electrons. The highest BCUT2D eigenvalue weighted by Gasteiger charge is 2.38. The summed E-state index contributed by atoms with van der Waals surface area (Å²) in [5.41, 5.74) is 7.32. The molecule has 2 saturated heterocycles. The molecule has 2 N–H and O–H groups in total. The maximum atomic E-state index is 6.18. The van der Waals surface area contributed by atoms with E-state index in [-0.39, 0.29) is 11.6 Å². The Morgan fingerprint density at radius 2 is 2.00 bits per heavy atom. The van der Waals surface area contributed by atoms with E-state index in [1.165, 1.54) is 47.6 Å². The Kier molecular flexibility index (Phi) is 5.20. The van der Waals surface area contributed by atoms with Crippen LogP contribution in [0.4, 0.5) is 0 Å². The molecule has 116 valence electrons. The number of rotatable bonds is 3. The molecule has 2 heterocycles. The van der Waals surface area contributed by atoms with Crippen LogP contribution in [0.5, 0.6) is 0 Å². The molecule has 1 aromatic carbocycles. The number of benzene rings is 1. The smallest absolute Gasteiger partial charge is 0.0709 e. The van der Waals surface area contributed by atoms with Gasteiger partial charge in [0.25, 0.3) is 0 Å². The molecule has 0 aliphatic carbocycles. The molecular weight excluding hydrogens is 298 g/mol. The number of nitrogens with two attached hydrogens (primary N) is 1. The normalized spacial score (nSPS) is 26.7. The second-order valence-corrected chi connectivity index (χ2v) is 8.83. The first-order valence-electron chi connectivity index (χ1n) is 7.91.